The monoisotopic (exact) mass is 298 g/mol. The van der Waals surface area contributed by atoms with Crippen molar-refractivity contribution in [2.45, 2.75) is 43.0 Å². The van der Waals surface area contributed by atoms with Crippen LogP contribution in [0.2, 0.25) is 0 Å². The van der Waals surface area contributed by atoms with Gasteiger partial charge in [0.05, 0.1) is 0 Å². The van der Waals surface area contributed by atoms with Crippen LogP contribution in [0, 0.1) is 11.2 Å². The van der Waals surface area contributed by atoms with Crippen LogP contribution in [0.25, 0.3) is 0 Å². The van der Waals surface area contributed by atoms with E-state index in [2.05, 4.69) is 15.9 Å². The minimum atomic E-state index is -0.208. The number of alkyl halides is 1. The van der Waals surface area contributed by atoms with Gasteiger partial charge in [0.1, 0.15) is 17.7 Å². The number of ether oxygens (including phenoxy) is 1. The van der Waals surface area contributed by atoms with E-state index in [0.717, 1.165) is 12.2 Å². The molecule has 0 bridgehead atoms. The fourth-order valence-corrected chi connectivity index (χ4v) is 4.30. The van der Waals surface area contributed by atoms with Gasteiger partial charge >= 0.3 is 0 Å². The first-order chi connectivity index (χ1) is 8.21. The van der Waals surface area contributed by atoms with Crippen molar-refractivity contribution >= 4 is 15.9 Å². The van der Waals surface area contributed by atoms with Gasteiger partial charge in [-0.2, -0.15) is 0 Å². The highest BCUT2D eigenvalue weighted by atomic mass is 79.9. The highest BCUT2D eigenvalue weighted by Gasteiger charge is 2.56. The van der Waals surface area contributed by atoms with Crippen molar-refractivity contribution in [3.63, 3.8) is 0 Å². The molecule has 3 heteroatoms. The second-order valence-corrected chi connectivity index (χ2v) is 6.31. The SMILES string of the molecule is Fc1ccc(OC2CC(Br)C23CCCC3)cc1. The zero-order valence-corrected chi connectivity index (χ0v) is 11.2. The van der Waals surface area contributed by atoms with Crippen molar-refractivity contribution in [2.24, 2.45) is 5.41 Å². The van der Waals surface area contributed by atoms with Gasteiger partial charge in [-0.3, -0.25) is 0 Å². The molecule has 2 aliphatic carbocycles. The summed E-state index contributed by atoms with van der Waals surface area (Å²) in [6, 6.07) is 6.36. The second-order valence-electron chi connectivity index (χ2n) is 5.20. The average Bonchev–Trinajstić information content (AvgIpc) is 2.83. The predicted molar refractivity (Wildman–Crippen MR) is 69.0 cm³/mol. The van der Waals surface area contributed by atoms with E-state index in [9.17, 15) is 4.39 Å². The summed E-state index contributed by atoms with van der Waals surface area (Å²) in [5, 5.41) is 0. The third kappa shape index (κ3) is 1.88. The lowest BCUT2D eigenvalue weighted by molar-refractivity contribution is -0.0304. The van der Waals surface area contributed by atoms with Gasteiger partial charge < -0.3 is 4.74 Å². The lowest BCUT2D eigenvalue weighted by atomic mass is 9.64. The first kappa shape index (κ1) is 11.5. The first-order valence-electron chi connectivity index (χ1n) is 6.27. The van der Waals surface area contributed by atoms with Gasteiger partial charge in [0, 0.05) is 10.2 Å². The molecular formula is C14H16BrFO. The van der Waals surface area contributed by atoms with E-state index in [1.54, 1.807) is 12.1 Å². The maximum absolute atomic E-state index is 12.8. The molecular weight excluding hydrogens is 283 g/mol. The molecule has 1 aromatic rings. The number of halogens is 2. The summed E-state index contributed by atoms with van der Waals surface area (Å²) in [7, 11) is 0. The van der Waals surface area contributed by atoms with E-state index < -0.39 is 0 Å². The lowest BCUT2D eigenvalue weighted by Gasteiger charge is -2.51. The van der Waals surface area contributed by atoms with Crippen molar-refractivity contribution in [1.29, 1.82) is 0 Å². The van der Waals surface area contributed by atoms with Gasteiger partial charge in [-0.1, -0.05) is 28.8 Å². The van der Waals surface area contributed by atoms with Crippen LogP contribution in [0.3, 0.4) is 0 Å². The van der Waals surface area contributed by atoms with E-state index in [1.165, 1.54) is 37.8 Å². The molecule has 0 aromatic heterocycles. The Morgan fingerprint density at radius 1 is 1.18 bits per heavy atom. The molecule has 2 atom stereocenters. The molecule has 1 aromatic carbocycles. The van der Waals surface area contributed by atoms with Gasteiger partial charge in [-0.25, -0.2) is 4.39 Å². The van der Waals surface area contributed by atoms with E-state index in [4.69, 9.17) is 4.74 Å². The highest BCUT2D eigenvalue weighted by Crippen LogP contribution is 2.57. The Labute approximate surface area is 109 Å². The van der Waals surface area contributed by atoms with Crippen LogP contribution < -0.4 is 4.74 Å². The number of hydrogen-bond acceptors (Lipinski definition) is 1. The molecule has 0 N–H and O–H groups in total. The van der Waals surface area contributed by atoms with E-state index in [1.807, 2.05) is 0 Å². The maximum Gasteiger partial charge on any atom is 0.123 e. The van der Waals surface area contributed by atoms with Crippen LogP contribution in [0.5, 0.6) is 5.75 Å². The van der Waals surface area contributed by atoms with Gasteiger partial charge in [0.15, 0.2) is 0 Å². The van der Waals surface area contributed by atoms with Crippen molar-refractivity contribution in [3.05, 3.63) is 30.1 Å². The molecule has 17 heavy (non-hydrogen) atoms. The molecule has 1 spiro atoms. The molecule has 2 unspecified atom stereocenters. The predicted octanol–water partition coefficient (Wildman–Crippen LogP) is 4.30. The topological polar surface area (TPSA) is 9.23 Å². The number of hydrogen-bond donors (Lipinski definition) is 0. The van der Waals surface area contributed by atoms with Crippen LogP contribution in [0.15, 0.2) is 24.3 Å². The molecule has 3 rings (SSSR count). The minimum Gasteiger partial charge on any atom is -0.490 e. The standard InChI is InChI=1S/C14H16BrFO/c15-12-9-13(14(12)7-1-2-8-14)17-11-5-3-10(16)4-6-11/h3-6,12-13H,1-2,7-9H2. The molecule has 2 fully saturated rings. The van der Waals surface area contributed by atoms with E-state index in [-0.39, 0.29) is 5.82 Å². The third-order valence-electron chi connectivity index (χ3n) is 4.31. The summed E-state index contributed by atoms with van der Waals surface area (Å²) in [6.45, 7) is 0. The Morgan fingerprint density at radius 3 is 2.41 bits per heavy atom. The first-order valence-corrected chi connectivity index (χ1v) is 7.19. The molecule has 2 aliphatic rings. The molecule has 0 heterocycles. The van der Waals surface area contributed by atoms with Crippen molar-refractivity contribution < 1.29 is 9.13 Å². The third-order valence-corrected chi connectivity index (χ3v) is 5.60. The Morgan fingerprint density at radius 2 is 1.82 bits per heavy atom. The molecule has 0 saturated heterocycles. The summed E-state index contributed by atoms with van der Waals surface area (Å²) in [5.41, 5.74) is 0.342. The van der Waals surface area contributed by atoms with Crippen LogP contribution >= 0.6 is 15.9 Å². The maximum atomic E-state index is 12.8. The zero-order valence-electron chi connectivity index (χ0n) is 9.66. The fourth-order valence-electron chi connectivity index (χ4n) is 3.21. The van der Waals surface area contributed by atoms with Crippen LogP contribution in [0.4, 0.5) is 4.39 Å². The Hall–Kier alpha value is -0.570. The molecule has 0 amide bonds. The van der Waals surface area contributed by atoms with Crippen molar-refractivity contribution in [2.75, 3.05) is 0 Å². The fraction of sp³-hybridized carbons (Fsp3) is 0.571. The smallest absolute Gasteiger partial charge is 0.123 e. The molecule has 1 nitrogen and oxygen atoms in total. The molecule has 92 valence electrons. The van der Waals surface area contributed by atoms with Crippen LogP contribution in [-0.4, -0.2) is 10.9 Å². The van der Waals surface area contributed by atoms with Gasteiger partial charge in [-0.05, 0) is 43.5 Å². The summed E-state index contributed by atoms with van der Waals surface area (Å²) in [5.74, 6) is 0.585. The second kappa shape index (κ2) is 4.27. The molecule has 2 saturated carbocycles. The minimum absolute atomic E-state index is 0.208. The molecule has 0 radical (unpaired) electrons. The van der Waals surface area contributed by atoms with Crippen LogP contribution in [0.1, 0.15) is 32.1 Å². The largest absolute Gasteiger partial charge is 0.490 e. The average molecular weight is 299 g/mol. The Kier molecular flexibility index (Phi) is 2.89. The Balaban J connectivity index is 1.72. The van der Waals surface area contributed by atoms with Crippen molar-refractivity contribution in [3.8, 4) is 5.75 Å². The van der Waals surface area contributed by atoms with Crippen LogP contribution in [-0.2, 0) is 0 Å². The highest BCUT2D eigenvalue weighted by molar-refractivity contribution is 9.09. The lowest BCUT2D eigenvalue weighted by Crippen LogP contribution is -2.55. The summed E-state index contributed by atoms with van der Waals surface area (Å²) in [6.07, 6.45) is 6.51. The zero-order chi connectivity index (χ0) is 11.9. The summed E-state index contributed by atoms with van der Waals surface area (Å²) >= 11 is 3.77. The Bertz CT molecular complexity index is 397. The number of rotatable bonds is 2. The van der Waals surface area contributed by atoms with Crippen molar-refractivity contribution in [1.82, 2.24) is 0 Å². The van der Waals surface area contributed by atoms with Gasteiger partial charge in [-0.15, -0.1) is 0 Å². The van der Waals surface area contributed by atoms with E-state index >= 15 is 0 Å². The van der Waals surface area contributed by atoms with Gasteiger partial charge in [0.2, 0.25) is 0 Å². The van der Waals surface area contributed by atoms with E-state index in [0.29, 0.717) is 16.3 Å². The van der Waals surface area contributed by atoms with Gasteiger partial charge in [0.25, 0.3) is 0 Å². The summed E-state index contributed by atoms with van der Waals surface area (Å²) < 4.78 is 18.8. The normalized spacial score (nSPS) is 30.2. The summed E-state index contributed by atoms with van der Waals surface area (Å²) in [4.78, 5) is 0.600. The molecule has 0 aliphatic heterocycles. The quantitative estimate of drug-likeness (QED) is 0.740. The number of benzene rings is 1.